The van der Waals surface area contributed by atoms with E-state index in [1.165, 1.54) is 0 Å². The quantitative estimate of drug-likeness (QED) is 0.502. The lowest BCUT2D eigenvalue weighted by molar-refractivity contribution is 0.0827. The average Bonchev–Trinajstić information content (AvgIpc) is 2.51. The van der Waals surface area contributed by atoms with Crippen molar-refractivity contribution in [1.82, 2.24) is 5.32 Å². The average molecular weight is 200 g/mol. The van der Waals surface area contributed by atoms with Gasteiger partial charge in [0.25, 0.3) is 0 Å². The van der Waals surface area contributed by atoms with Gasteiger partial charge in [-0.05, 0) is 6.54 Å². The Kier molecular flexibility index (Phi) is 1.55. The van der Waals surface area contributed by atoms with Gasteiger partial charge in [0.05, 0.1) is 0 Å². The third-order valence-electron chi connectivity index (χ3n) is 3.24. The van der Waals surface area contributed by atoms with Crippen LogP contribution in [0.2, 0.25) is 5.31 Å². The molecule has 1 N–H and O–H groups in total. The van der Waals surface area contributed by atoms with Crippen LogP contribution in [-0.2, 0) is 0 Å². The van der Waals surface area contributed by atoms with E-state index in [9.17, 15) is 21.7 Å². The molecule has 0 spiro atoms. The summed E-state index contributed by atoms with van der Waals surface area (Å²) >= 11 is 0. The van der Waals surface area contributed by atoms with Gasteiger partial charge in [-0.3, -0.25) is 0 Å². The fourth-order valence-corrected chi connectivity index (χ4v) is 2.36. The molecule has 1 saturated carbocycles. The third-order valence-corrected chi connectivity index (χ3v) is 3.24. The minimum Gasteiger partial charge on any atom is -0.448 e. The molecule has 0 aromatic heterocycles. The maximum absolute atomic E-state index is 12.9. The molecule has 0 aromatic rings. The van der Waals surface area contributed by atoms with Crippen LogP contribution in [0.25, 0.3) is 0 Å². The van der Waals surface area contributed by atoms with E-state index < -0.39 is 30.6 Å². The van der Waals surface area contributed by atoms with Gasteiger partial charge in [0.15, 0.2) is 0 Å². The molecule has 1 nitrogen and oxygen atoms in total. The van der Waals surface area contributed by atoms with E-state index in [4.69, 9.17) is 0 Å². The Bertz CT molecular complexity index is 240. The molecule has 2 atom stereocenters. The first-order valence-electron chi connectivity index (χ1n) is 4.12. The highest BCUT2D eigenvalue weighted by Crippen LogP contribution is 2.79. The first-order valence-corrected chi connectivity index (χ1v) is 4.12. The summed E-state index contributed by atoms with van der Waals surface area (Å²) < 4.78 is 63.1. The fraction of sp³-hybridized carbons (Fsp3) is 1.00. The van der Waals surface area contributed by atoms with Crippen LogP contribution in [-0.4, -0.2) is 26.0 Å². The van der Waals surface area contributed by atoms with Crippen LogP contribution >= 0.6 is 0 Å². The van der Waals surface area contributed by atoms with Crippen LogP contribution in [0.5, 0.6) is 0 Å². The first-order chi connectivity index (χ1) is 5.84. The van der Waals surface area contributed by atoms with Crippen molar-refractivity contribution >= 4 is 6.98 Å². The van der Waals surface area contributed by atoms with Gasteiger partial charge >= 0.3 is 6.98 Å². The van der Waals surface area contributed by atoms with Gasteiger partial charge in [-0.25, -0.2) is 8.78 Å². The van der Waals surface area contributed by atoms with Crippen molar-refractivity contribution in [2.45, 2.75) is 17.7 Å². The molecule has 2 fully saturated rings. The van der Waals surface area contributed by atoms with Gasteiger partial charge in [0, 0.05) is 17.8 Å². The third kappa shape index (κ3) is 0.859. The van der Waals surface area contributed by atoms with Crippen LogP contribution in [0.3, 0.4) is 0 Å². The summed E-state index contributed by atoms with van der Waals surface area (Å²) in [4.78, 5) is 0. The summed E-state index contributed by atoms with van der Waals surface area (Å²) in [6.07, 6.45) is -0.478. The first kappa shape index (κ1) is 9.24. The maximum atomic E-state index is 12.9. The smallest absolute Gasteiger partial charge is 0.448 e. The number of alkyl halides is 2. The van der Waals surface area contributed by atoms with Crippen molar-refractivity contribution < 1.29 is 21.7 Å². The van der Waals surface area contributed by atoms with Crippen LogP contribution in [0.1, 0.15) is 6.42 Å². The second-order valence-electron chi connectivity index (χ2n) is 3.74. The van der Waals surface area contributed by atoms with Crippen molar-refractivity contribution in [2.24, 2.45) is 5.92 Å². The predicted octanol–water partition coefficient (Wildman–Crippen LogP) is 1.83. The number of hydrogen-bond donors (Lipinski definition) is 1. The molecular weight excluding hydrogens is 192 g/mol. The summed E-state index contributed by atoms with van der Waals surface area (Å²) in [6.45, 7) is -5.61. The highest BCUT2D eigenvalue weighted by molar-refractivity contribution is 6.64. The molecule has 1 saturated heterocycles. The summed E-state index contributed by atoms with van der Waals surface area (Å²) in [5.41, 5.74) is 0. The number of nitrogens with one attached hydrogen (secondary N) is 1. The molecule has 0 bridgehead atoms. The molecule has 0 radical (unpaired) electrons. The Morgan fingerprint density at radius 2 is 1.85 bits per heavy atom. The fourth-order valence-electron chi connectivity index (χ4n) is 2.36. The molecule has 1 aliphatic heterocycles. The van der Waals surface area contributed by atoms with Crippen molar-refractivity contribution in [3.05, 3.63) is 0 Å². The second kappa shape index (κ2) is 2.19. The van der Waals surface area contributed by atoms with E-state index >= 15 is 0 Å². The molecule has 7 heteroatoms. The lowest BCUT2D eigenvalue weighted by Gasteiger charge is -2.30. The Hall–Kier alpha value is -0.325. The van der Waals surface area contributed by atoms with Gasteiger partial charge in [0.2, 0.25) is 5.92 Å². The molecule has 13 heavy (non-hydrogen) atoms. The lowest BCUT2D eigenvalue weighted by Crippen LogP contribution is -2.37. The molecular formula is C6H8BF5N-. The van der Waals surface area contributed by atoms with Crippen molar-refractivity contribution in [3.63, 3.8) is 0 Å². The van der Waals surface area contributed by atoms with E-state index in [1.54, 1.807) is 0 Å². The van der Waals surface area contributed by atoms with E-state index in [2.05, 4.69) is 5.32 Å². The zero-order valence-corrected chi connectivity index (χ0v) is 6.67. The number of rotatable bonds is 1. The summed E-state index contributed by atoms with van der Waals surface area (Å²) in [6, 6.07) is 0. The Labute approximate surface area is 71.7 Å². The molecule has 0 aromatic carbocycles. The highest BCUT2D eigenvalue weighted by atomic mass is 19.4. The summed E-state index contributed by atoms with van der Waals surface area (Å²) in [5, 5.41) is -0.0959. The van der Waals surface area contributed by atoms with E-state index in [0.717, 1.165) is 0 Å². The van der Waals surface area contributed by atoms with E-state index in [1.807, 2.05) is 0 Å². The predicted molar refractivity (Wildman–Crippen MR) is 37.7 cm³/mol. The van der Waals surface area contributed by atoms with Crippen molar-refractivity contribution in [3.8, 4) is 0 Å². The zero-order valence-electron chi connectivity index (χ0n) is 6.67. The van der Waals surface area contributed by atoms with Crippen molar-refractivity contribution in [1.29, 1.82) is 0 Å². The topological polar surface area (TPSA) is 12.0 Å². The molecule has 2 unspecified atom stereocenters. The standard InChI is InChI=1S/C6H8BF5N/c8-6(9)4-3-13-2-1-5(4,6)7(10,11)12/h4,13H,1-3H2/q-1. The maximum Gasteiger partial charge on any atom is 0.490 e. The highest BCUT2D eigenvalue weighted by Gasteiger charge is 2.85. The van der Waals surface area contributed by atoms with Gasteiger partial charge in [-0.1, -0.05) is 6.42 Å². The Balaban J connectivity index is 2.32. The normalized spacial score (nSPS) is 42.7. The second-order valence-corrected chi connectivity index (χ2v) is 3.74. The molecule has 2 rings (SSSR count). The van der Waals surface area contributed by atoms with E-state index in [0.29, 0.717) is 0 Å². The number of hydrogen-bond acceptors (Lipinski definition) is 1. The molecule has 76 valence electrons. The number of piperidine rings is 1. The van der Waals surface area contributed by atoms with Crippen LogP contribution in [0, 0.1) is 5.92 Å². The minimum atomic E-state index is -5.43. The lowest BCUT2D eigenvalue weighted by atomic mass is 9.64. The molecule has 0 amide bonds. The number of fused-ring (bicyclic) bond motifs is 1. The van der Waals surface area contributed by atoms with Crippen LogP contribution in [0.15, 0.2) is 0 Å². The summed E-state index contributed by atoms with van der Waals surface area (Å²) in [7, 11) is 0. The number of halogens is 5. The van der Waals surface area contributed by atoms with Crippen LogP contribution in [0.4, 0.5) is 21.7 Å². The minimum absolute atomic E-state index is 0.0351. The zero-order chi connectivity index (χ0) is 9.91. The largest absolute Gasteiger partial charge is 0.490 e. The molecule has 1 heterocycles. The van der Waals surface area contributed by atoms with Gasteiger partial charge in [-0.2, -0.15) is 0 Å². The van der Waals surface area contributed by atoms with Crippen molar-refractivity contribution in [2.75, 3.05) is 13.1 Å². The molecule has 1 aliphatic carbocycles. The van der Waals surface area contributed by atoms with Gasteiger partial charge in [-0.15, -0.1) is 0 Å². The SMILES string of the molecule is F[B-](F)(F)C12CCNCC1C2(F)F. The monoisotopic (exact) mass is 200 g/mol. The van der Waals surface area contributed by atoms with Gasteiger partial charge in [0.1, 0.15) is 0 Å². The summed E-state index contributed by atoms with van der Waals surface area (Å²) in [5.74, 6) is -5.05. The van der Waals surface area contributed by atoms with E-state index in [-0.39, 0.29) is 13.1 Å². The molecule has 2 aliphatic rings. The van der Waals surface area contributed by atoms with Gasteiger partial charge < -0.3 is 18.3 Å². The Morgan fingerprint density at radius 1 is 1.23 bits per heavy atom. The van der Waals surface area contributed by atoms with Crippen LogP contribution < -0.4 is 5.32 Å². The Morgan fingerprint density at radius 3 is 2.23 bits per heavy atom.